The Labute approximate surface area is 160 Å². The summed E-state index contributed by atoms with van der Waals surface area (Å²) in [5, 5.41) is 6.32. The lowest BCUT2D eigenvalue weighted by Crippen LogP contribution is -2.33. The Bertz CT molecular complexity index is 793. The van der Waals surface area contributed by atoms with Gasteiger partial charge in [0, 0.05) is 36.2 Å². The van der Waals surface area contributed by atoms with Crippen LogP contribution in [0.5, 0.6) is 0 Å². The zero-order valence-corrected chi connectivity index (χ0v) is 15.9. The summed E-state index contributed by atoms with van der Waals surface area (Å²) < 4.78 is 0. The van der Waals surface area contributed by atoms with Gasteiger partial charge in [0.25, 0.3) is 5.91 Å². The second-order valence-corrected chi connectivity index (χ2v) is 7.54. The summed E-state index contributed by atoms with van der Waals surface area (Å²) in [7, 11) is 0. The molecule has 4 rings (SSSR count). The highest BCUT2D eigenvalue weighted by molar-refractivity contribution is 5.93. The van der Waals surface area contributed by atoms with Gasteiger partial charge in [-0.2, -0.15) is 0 Å². The largest absolute Gasteiger partial charge is 0.372 e. The van der Waals surface area contributed by atoms with E-state index in [9.17, 15) is 4.79 Å². The van der Waals surface area contributed by atoms with Gasteiger partial charge in [-0.05, 0) is 62.9 Å². The fraction of sp³-hybridized carbons (Fsp3) is 0.476. The Morgan fingerprint density at radius 2 is 1.74 bits per heavy atom. The summed E-state index contributed by atoms with van der Waals surface area (Å²) >= 11 is 0. The van der Waals surface area contributed by atoms with Crippen molar-refractivity contribution >= 4 is 23.2 Å². The second-order valence-electron chi connectivity index (χ2n) is 7.54. The first kappa shape index (κ1) is 17.8. The topological polar surface area (TPSA) is 70.2 Å². The van der Waals surface area contributed by atoms with Crippen molar-refractivity contribution in [3.63, 3.8) is 0 Å². The molecule has 2 aliphatic rings. The quantitative estimate of drug-likeness (QED) is 0.843. The van der Waals surface area contributed by atoms with Crippen LogP contribution in [-0.2, 0) is 0 Å². The highest BCUT2D eigenvalue weighted by Crippen LogP contribution is 2.23. The Balaban J connectivity index is 1.45. The van der Waals surface area contributed by atoms with E-state index < -0.39 is 0 Å². The zero-order chi connectivity index (χ0) is 18.6. The van der Waals surface area contributed by atoms with Gasteiger partial charge in [0.15, 0.2) is 0 Å². The molecule has 6 heteroatoms. The third-order valence-corrected chi connectivity index (χ3v) is 5.37. The Kier molecular flexibility index (Phi) is 5.23. The lowest BCUT2D eigenvalue weighted by atomic mass is 10.2. The first-order valence-electron chi connectivity index (χ1n) is 9.96. The van der Waals surface area contributed by atoms with Crippen LogP contribution in [0, 0.1) is 6.92 Å². The summed E-state index contributed by atoms with van der Waals surface area (Å²) in [5.74, 6) is 0.348. The van der Waals surface area contributed by atoms with Crippen molar-refractivity contribution in [1.29, 1.82) is 0 Å². The first-order valence-corrected chi connectivity index (χ1v) is 9.96. The predicted molar refractivity (Wildman–Crippen MR) is 108 cm³/mol. The number of hydrogen-bond acceptors (Lipinski definition) is 5. The van der Waals surface area contributed by atoms with Gasteiger partial charge in [-0.1, -0.05) is 12.8 Å². The van der Waals surface area contributed by atoms with Crippen LogP contribution in [0.4, 0.5) is 17.3 Å². The number of hydrogen-bond donors (Lipinski definition) is 2. The SMILES string of the molecule is Cc1cc(C(=O)NC2CCCC2)nc(Nc2ccc(N3CCCC3)cc2)n1. The molecule has 0 spiro atoms. The minimum atomic E-state index is -0.111. The van der Waals surface area contributed by atoms with Gasteiger partial charge in [-0.15, -0.1) is 0 Å². The number of aryl methyl sites for hydroxylation is 1. The van der Waals surface area contributed by atoms with E-state index >= 15 is 0 Å². The predicted octanol–water partition coefficient (Wildman–Crippen LogP) is 3.80. The molecule has 0 bridgehead atoms. The van der Waals surface area contributed by atoms with Crippen LogP contribution < -0.4 is 15.5 Å². The van der Waals surface area contributed by atoms with Gasteiger partial charge < -0.3 is 15.5 Å². The van der Waals surface area contributed by atoms with E-state index in [-0.39, 0.29) is 11.9 Å². The number of benzene rings is 1. The Morgan fingerprint density at radius 3 is 2.44 bits per heavy atom. The molecule has 1 aliphatic carbocycles. The van der Waals surface area contributed by atoms with E-state index in [2.05, 4.69) is 37.6 Å². The monoisotopic (exact) mass is 365 g/mol. The third kappa shape index (κ3) is 4.38. The fourth-order valence-corrected chi connectivity index (χ4v) is 3.93. The molecule has 2 aromatic rings. The van der Waals surface area contributed by atoms with Crippen LogP contribution in [0.15, 0.2) is 30.3 Å². The molecule has 1 saturated heterocycles. The van der Waals surface area contributed by atoms with Crippen molar-refractivity contribution in [2.45, 2.75) is 51.5 Å². The van der Waals surface area contributed by atoms with Crippen molar-refractivity contribution in [3.8, 4) is 0 Å². The smallest absolute Gasteiger partial charge is 0.270 e. The molecule has 1 aliphatic heterocycles. The van der Waals surface area contributed by atoms with Crippen molar-refractivity contribution < 1.29 is 4.79 Å². The number of rotatable bonds is 5. The Morgan fingerprint density at radius 1 is 1.04 bits per heavy atom. The second kappa shape index (κ2) is 7.94. The highest BCUT2D eigenvalue weighted by atomic mass is 16.1. The lowest BCUT2D eigenvalue weighted by molar-refractivity contribution is 0.0932. The molecule has 1 aromatic heterocycles. The van der Waals surface area contributed by atoms with Crippen LogP contribution in [0.25, 0.3) is 0 Å². The van der Waals surface area contributed by atoms with E-state index in [1.54, 1.807) is 6.07 Å². The molecule has 1 saturated carbocycles. The minimum Gasteiger partial charge on any atom is -0.372 e. The van der Waals surface area contributed by atoms with E-state index in [0.717, 1.165) is 37.3 Å². The fourth-order valence-electron chi connectivity index (χ4n) is 3.93. The molecular weight excluding hydrogens is 338 g/mol. The summed E-state index contributed by atoms with van der Waals surface area (Å²) in [6.45, 7) is 4.15. The molecule has 0 atom stereocenters. The number of amides is 1. The van der Waals surface area contributed by atoms with Crippen molar-refractivity contribution in [2.75, 3.05) is 23.3 Å². The van der Waals surface area contributed by atoms with Crippen molar-refractivity contribution in [2.24, 2.45) is 0 Å². The molecule has 0 unspecified atom stereocenters. The maximum atomic E-state index is 12.5. The summed E-state index contributed by atoms with van der Waals surface area (Å²) in [5.41, 5.74) is 3.37. The molecule has 6 nitrogen and oxygen atoms in total. The molecule has 2 fully saturated rings. The maximum absolute atomic E-state index is 12.5. The van der Waals surface area contributed by atoms with Crippen LogP contribution in [0.2, 0.25) is 0 Å². The van der Waals surface area contributed by atoms with Crippen LogP contribution in [0.3, 0.4) is 0 Å². The highest BCUT2D eigenvalue weighted by Gasteiger charge is 2.19. The summed E-state index contributed by atoms with van der Waals surface area (Å²) in [4.78, 5) is 23.8. The van der Waals surface area contributed by atoms with E-state index in [4.69, 9.17) is 0 Å². The van der Waals surface area contributed by atoms with Crippen molar-refractivity contribution in [3.05, 3.63) is 41.7 Å². The lowest BCUT2D eigenvalue weighted by Gasteiger charge is -2.18. The average molecular weight is 365 g/mol. The maximum Gasteiger partial charge on any atom is 0.270 e. The number of aromatic nitrogens is 2. The summed E-state index contributed by atoms with van der Waals surface area (Å²) in [6.07, 6.45) is 7.03. The Hall–Kier alpha value is -2.63. The van der Waals surface area contributed by atoms with Gasteiger partial charge in [-0.25, -0.2) is 9.97 Å². The molecule has 1 amide bonds. The zero-order valence-electron chi connectivity index (χ0n) is 15.9. The summed E-state index contributed by atoms with van der Waals surface area (Å²) in [6, 6.07) is 10.3. The van der Waals surface area contributed by atoms with Gasteiger partial charge in [0.2, 0.25) is 5.95 Å². The molecular formula is C21H27N5O. The number of carbonyl (C=O) groups is 1. The van der Waals surface area contributed by atoms with Crippen molar-refractivity contribution in [1.82, 2.24) is 15.3 Å². The molecule has 27 heavy (non-hydrogen) atoms. The number of carbonyl (C=O) groups excluding carboxylic acids is 1. The normalized spacial score (nSPS) is 17.3. The average Bonchev–Trinajstić information content (AvgIpc) is 3.36. The molecule has 142 valence electrons. The van der Waals surface area contributed by atoms with Gasteiger partial charge >= 0.3 is 0 Å². The first-order chi connectivity index (χ1) is 13.2. The third-order valence-electron chi connectivity index (χ3n) is 5.37. The van der Waals surface area contributed by atoms with E-state index in [0.29, 0.717) is 11.6 Å². The van der Waals surface area contributed by atoms with Gasteiger partial charge in [0.1, 0.15) is 5.69 Å². The number of nitrogens with zero attached hydrogens (tertiary/aromatic N) is 3. The molecule has 0 radical (unpaired) electrons. The standard InChI is InChI=1S/C21H27N5O/c1-15-14-19(20(27)23-16-6-2-3-7-16)25-21(22-15)24-17-8-10-18(11-9-17)26-12-4-5-13-26/h8-11,14,16H,2-7,12-13H2,1H3,(H,23,27)(H,22,24,25). The van der Waals surface area contributed by atoms with Gasteiger partial charge in [0.05, 0.1) is 0 Å². The van der Waals surface area contributed by atoms with Gasteiger partial charge in [-0.3, -0.25) is 4.79 Å². The van der Waals surface area contributed by atoms with Crippen LogP contribution >= 0.6 is 0 Å². The van der Waals surface area contributed by atoms with E-state index in [1.807, 2.05) is 19.1 Å². The molecule has 1 aromatic carbocycles. The van der Waals surface area contributed by atoms with E-state index in [1.165, 1.54) is 31.4 Å². The van der Waals surface area contributed by atoms with Crippen LogP contribution in [0.1, 0.15) is 54.7 Å². The number of anilines is 3. The molecule has 2 heterocycles. The minimum absolute atomic E-state index is 0.111. The number of nitrogens with one attached hydrogen (secondary N) is 2. The molecule has 2 N–H and O–H groups in total. The van der Waals surface area contributed by atoms with Crippen LogP contribution in [-0.4, -0.2) is 35.0 Å².